The molecule has 11 heteroatoms. The molecule has 1 aliphatic rings. The molecule has 0 saturated heterocycles. The SMILES string of the molecule is CCN1\C(=C/C=N/N=C(\O)c2ccccc2)C(C)(Cc2cccc(S(=O)(=O)N(C)C)c2F)c2cc(OC)ccc21.[Co]. The van der Waals surface area contributed by atoms with Crippen molar-refractivity contribution in [3.63, 3.8) is 0 Å². The number of fused-ring (bicyclic) bond motifs is 1. The number of rotatable bonds is 9. The first-order chi connectivity index (χ1) is 19.0. The number of sulfonamides is 1. The van der Waals surface area contributed by atoms with Gasteiger partial charge in [-0.2, -0.15) is 5.10 Å². The third-order valence-electron chi connectivity index (χ3n) is 7.09. The predicted molar refractivity (Wildman–Crippen MR) is 157 cm³/mol. The van der Waals surface area contributed by atoms with Gasteiger partial charge in [0.1, 0.15) is 16.5 Å². The fourth-order valence-corrected chi connectivity index (χ4v) is 5.99. The molecule has 1 unspecified atom stereocenters. The molecule has 0 aromatic heterocycles. The van der Waals surface area contributed by atoms with E-state index in [1.165, 1.54) is 26.4 Å². The zero-order chi connectivity index (χ0) is 29.1. The van der Waals surface area contributed by atoms with Gasteiger partial charge in [0.05, 0.1) is 13.3 Å². The number of anilines is 1. The Morgan fingerprint density at radius 1 is 1.12 bits per heavy atom. The molecule has 41 heavy (non-hydrogen) atoms. The van der Waals surface area contributed by atoms with Crippen molar-refractivity contribution < 1.29 is 39.4 Å². The number of aliphatic hydroxyl groups excluding tert-OH is 1. The molecule has 0 bridgehead atoms. The van der Waals surface area contributed by atoms with Crippen molar-refractivity contribution >= 4 is 27.8 Å². The molecule has 3 aromatic carbocycles. The molecule has 1 radical (unpaired) electrons. The van der Waals surface area contributed by atoms with Gasteiger partial charge in [-0.3, -0.25) is 0 Å². The van der Waals surface area contributed by atoms with E-state index in [0.29, 0.717) is 17.9 Å². The van der Waals surface area contributed by atoms with E-state index in [1.807, 2.05) is 38.1 Å². The third-order valence-corrected chi connectivity index (χ3v) is 8.92. The molecule has 0 aliphatic carbocycles. The third kappa shape index (κ3) is 6.23. The predicted octanol–water partition coefficient (Wildman–Crippen LogP) is 5.30. The summed E-state index contributed by atoms with van der Waals surface area (Å²) in [5, 5.41) is 18.2. The van der Waals surface area contributed by atoms with Gasteiger partial charge in [-0.15, -0.1) is 5.10 Å². The van der Waals surface area contributed by atoms with Crippen molar-refractivity contribution in [1.82, 2.24) is 4.31 Å². The number of methoxy groups -OCH3 is 1. The van der Waals surface area contributed by atoms with Crippen LogP contribution >= 0.6 is 0 Å². The molecule has 0 amide bonds. The number of aliphatic hydroxyl groups is 1. The van der Waals surface area contributed by atoms with E-state index >= 15 is 4.39 Å². The average molecular weight is 624 g/mol. The van der Waals surface area contributed by atoms with Crippen LogP contribution in [-0.2, 0) is 38.6 Å². The second-order valence-electron chi connectivity index (χ2n) is 9.76. The van der Waals surface area contributed by atoms with E-state index in [2.05, 4.69) is 15.1 Å². The standard InChI is InChI=1S/C30H33FN4O4S.Co/c1-6-35-25-16-15-23(39-5)19-24(25)30(2,20-22-13-10-14-26(28(22)31)40(37,38)34(3)4)27(35)17-18-32-33-29(36)21-11-8-7-9-12-21;/h7-19H,6,20H2,1-5H3,(H,33,36);/b27-17-,32-18+;. The molecular formula is C30H33CoFN4O4S. The minimum atomic E-state index is -3.98. The molecule has 0 spiro atoms. The van der Waals surface area contributed by atoms with E-state index in [1.54, 1.807) is 49.6 Å². The van der Waals surface area contributed by atoms with E-state index in [0.717, 1.165) is 21.3 Å². The molecule has 1 atom stereocenters. The number of ether oxygens (including phenoxy) is 1. The van der Waals surface area contributed by atoms with Crippen molar-refractivity contribution in [3.05, 3.63) is 101 Å². The van der Waals surface area contributed by atoms with Gasteiger partial charge in [0.15, 0.2) is 0 Å². The zero-order valence-electron chi connectivity index (χ0n) is 23.5. The van der Waals surface area contributed by atoms with Gasteiger partial charge in [-0.05, 0) is 73.9 Å². The molecule has 219 valence electrons. The quantitative estimate of drug-likeness (QED) is 0.199. The van der Waals surface area contributed by atoms with Crippen LogP contribution in [0.2, 0.25) is 0 Å². The van der Waals surface area contributed by atoms with Crippen LogP contribution < -0.4 is 9.64 Å². The Kier molecular flexibility index (Phi) is 10.1. The van der Waals surface area contributed by atoms with Gasteiger partial charge in [0, 0.05) is 59.8 Å². The van der Waals surface area contributed by atoms with Crippen molar-refractivity contribution in [2.45, 2.75) is 30.6 Å². The summed E-state index contributed by atoms with van der Waals surface area (Å²) < 4.78 is 47.9. The van der Waals surface area contributed by atoms with Crippen LogP contribution in [0.5, 0.6) is 5.75 Å². The fourth-order valence-electron chi connectivity index (χ4n) is 4.99. The summed E-state index contributed by atoms with van der Waals surface area (Å²) in [6.45, 7) is 4.61. The van der Waals surface area contributed by atoms with E-state index < -0.39 is 21.3 Å². The number of allylic oxidation sites excluding steroid dienone is 2. The topological polar surface area (TPSA) is 94.8 Å². The summed E-state index contributed by atoms with van der Waals surface area (Å²) in [7, 11) is 0.355. The molecule has 4 rings (SSSR count). The number of hydrogen-bond donors (Lipinski definition) is 1. The Morgan fingerprint density at radius 2 is 1.83 bits per heavy atom. The first-order valence-electron chi connectivity index (χ1n) is 12.8. The molecule has 3 aromatic rings. The summed E-state index contributed by atoms with van der Waals surface area (Å²) in [6.07, 6.45) is 3.45. The maximum absolute atomic E-state index is 15.8. The largest absolute Gasteiger partial charge is 0.497 e. The average Bonchev–Trinajstić information content (AvgIpc) is 3.18. The number of halogens is 1. The molecule has 1 aliphatic heterocycles. The van der Waals surface area contributed by atoms with Crippen molar-refractivity contribution in [3.8, 4) is 5.75 Å². The molecule has 8 nitrogen and oxygen atoms in total. The van der Waals surface area contributed by atoms with E-state index in [-0.39, 0.29) is 39.6 Å². The molecule has 1 heterocycles. The first-order valence-corrected chi connectivity index (χ1v) is 14.2. The number of nitrogens with zero attached hydrogens (tertiary/aromatic N) is 4. The van der Waals surface area contributed by atoms with Gasteiger partial charge in [0.25, 0.3) is 0 Å². The number of likely N-dealkylation sites (N-methyl/N-ethyl adjacent to an activating group) is 1. The summed E-state index contributed by atoms with van der Waals surface area (Å²) in [4.78, 5) is 1.73. The second-order valence-corrected chi connectivity index (χ2v) is 11.9. The van der Waals surface area contributed by atoms with Crippen LogP contribution in [0.15, 0.2) is 93.6 Å². The van der Waals surface area contributed by atoms with Crippen LogP contribution in [0.1, 0.15) is 30.5 Å². The van der Waals surface area contributed by atoms with E-state index in [4.69, 9.17) is 4.74 Å². The maximum Gasteiger partial charge on any atom is 0.245 e. The van der Waals surface area contributed by atoms with Gasteiger partial charge in [-0.25, -0.2) is 17.1 Å². The van der Waals surface area contributed by atoms with Crippen LogP contribution in [0, 0.1) is 5.82 Å². The Morgan fingerprint density at radius 3 is 2.46 bits per heavy atom. The Hall–Kier alpha value is -3.51. The van der Waals surface area contributed by atoms with Crippen molar-refractivity contribution in [1.29, 1.82) is 0 Å². The maximum atomic E-state index is 15.8. The van der Waals surface area contributed by atoms with Crippen LogP contribution in [0.3, 0.4) is 0 Å². The zero-order valence-corrected chi connectivity index (χ0v) is 25.4. The minimum Gasteiger partial charge on any atom is -0.497 e. The summed E-state index contributed by atoms with van der Waals surface area (Å²) in [6, 6.07) is 19.1. The summed E-state index contributed by atoms with van der Waals surface area (Å²) >= 11 is 0. The Labute approximate surface area is 251 Å². The van der Waals surface area contributed by atoms with Crippen molar-refractivity contribution in [2.24, 2.45) is 10.2 Å². The van der Waals surface area contributed by atoms with Crippen LogP contribution in [0.25, 0.3) is 0 Å². The normalized spacial score (nSPS) is 18.2. The van der Waals surface area contributed by atoms with Gasteiger partial charge in [0.2, 0.25) is 15.9 Å². The molecule has 0 fully saturated rings. The molecular weight excluding hydrogens is 590 g/mol. The second kappa shape index (κ2) is 13.0. The van der Waals surface area contributed by atoms with E-state index in [9.17, 15) is 13.5 Å². The smallest absolute Gasteiger partial charge is 0.245 e. The number of hydrogen-bond acceptors (Lipinski definition) is 6. The Bertz CT molecular complexity index is 1590. The molecule has 0 saturated carbocycles. The first kappa shape index (κ1) is 32.0. The summed E-state index contributed by atoms with van der Waals surface area (Å²) in [5.74, 6) is -0.342. The van der Waals surface area contributed by atoms with Crippen LogP contribution in [0.4, 0.5) is 10.1 Å². The summed E-state index contributed by atoms with van der Waals surface area (Å²) in [5.41, 5.74) is 2.67. The van der Waals surface area contributed by atoms with Crippen LogP contribution in [-0.4, -0.2) is 57.7 Å². The van der Waals surface area contributed by atoms with Gasteiger partial charge in [-0.1, -0.05) is 30.3 Å². The van der Waals surface area contributed by atoms with Gasteiger partial charge >= 0.3 is 0 Å². The minimum absolute atomic E-state index is 0. The molecule has 1 N–H and O–H groups in total. The fraction of sp³-hybridized carbons (Fsp3) is 0.267. The number of benzene rings is 3. The monoisotopic (exact) mass is 623 g/mol. The van der Waals surface area contributed by atoms with Gasteiger partial charge < -0.3 is 14.7 Å². The van der Waals surface area contributed by atoms with Crippen molar-refractivity contribution in [2.75, 3.05) is 32.6 Å². The Balaban J connectivity index is 0.00000462.